The molecule has 0 fully saturated rings. The second-order valence-corrected chi connectivity index (χ2v) is 7.56. The van der Waals surface area contributed by atoms with E-state index in [2.05, 4.69) is 70.8 Å². The van der Waals surface area contributed by atoms with Gasteiger partial charge in [0.1, 0.15) is 28.9 Å². The predicted molar refractivity (Wildman–Crippen MR) is 117 cm³/mol. The fourth-order valence-electron chi connectivity index (χ4n) is 2.90. The lowest BCUT2D eigenvalue weighted by Crippen LogP contribution is -1.99. The Hall–Kier alpha value is -3.38. The van der Waals surface area contributed by atoms with Crippen LogP contribution in [0, 0.1) is 11.8 Å². The molecule has 0 amide bonds. The number of aromatic nitrogens is 2. The van der Waals surface area contributed by atoms with Crippen LogP contribution in [0.25, 0.3) is 32.3 Å². The van der Waals surface area contributed by atoms with Crippen molar-refractivity contribution in [2.75, 3.05) is 13.2 Å². The number of hydrogen-bond donors (Lipinski definition) is 0. The molecule has 0 aliphatic carbocycles. The van der Waals surface area contributed by atoms with Crippen molar-refractivity contribution in [1.82, 2.24) is 10.2 Å². The Bertz CT molecular complexity index is 1090. The molecule has 1 heterocycles. The van der Waals surface area contributed by atoms with Gasteiger partial charge in [0.25, 0.3) is 0 Å². The highest BCUT2D eigenvalue weighted by atomic mass is 32.1. The summed E-state index contributed by atoms with van der Waals surface area (Å²) < 4.78 is 5.45. The monoisotopic (exact) mass is 401 g/mol. The summed E-state index contributed by atoms with van der Waals surface area (Å²) in [6.07, 6.45) is 0. The first kappa shape index (κ1) is 19.0. The SMILES string of the molecule is Cc1ccc(-c2nnc(-c3ccc(-c4ccc(OCCN=O)cc4)cc3)s2)cc1. The Morgan fingerprint density at radius 3 is 1.79 bits per heavy atom. The van der Waals surface area contributed by atoms with Crippen LogP contribution in [-0.2, 0) is 0 Å². The van der Waals surface area contributed by atoms with E-state index >= 15 is 0 Å². The zero-order chi connectivity index (χ0) is 20.1. The fraction of sp³-hybridized carbons (Fsp3) is 0.130. The summed E-state index contributed by atoms with van der Waals surface area (Å²) in [7, 11) is 0. The summed E-state index contributed by atoms with van der Waals surface area (Å²) in [5, 5.41) is 13.3. The van der Waals surface area contributed by atoms with Crippen LogP contribution in [-0.4, -0.2) is 23.3 Å². The number of aryl methyl sites for hydroxylation is 1. The Morgan fingerprint density at radius 1 is 0.759 bits per heavy atom. The van der Waals surface area contributed by atoms with E-state index in [1.807, 2.05) is 24.3 Å². The number of nitroso groups, excluding NO2 is 1. The van der Waals surface area contributed by atoms with Gasteiger partial charge >= 0.3 is 0 Å². The minimum Gasteiger partial charge on any atom is -0.492 e. The first-order valence-corrected chi connectivity index (χ1v) is 10.1. The molecule has 3 aromatic carbocycles. The average Bonchev–Trinajstić information content (AvgIpc) is 3.25. The van der Waals surface area contributed by atoms with Crippen LogP contribution in [0.5, 0.6) is 5.75 Å². The van der Waals surface area contributed by atoms with Crippen molar-refractivity contribution in [1.29, 1.82) is 0 Å². The van der Waals surface area contributed by atoms with Crippen molar-refractivity contribution < 1.29 is 4.74 Å². The maximum absolute atomic E-state index is 10.1. The Kier molecular flexibility index (Phi) is 5.72. The summed E-state index contributed by atoms with van der Waals surface area (Å²) in [5.74, 6) is 0.728. The normalized spacial score (nSPS) is 10.7. The lowest BCUT2D eigenvalue weighted by Gasteiger charge is -2.06. The molecule has 0 aliphatic rings. The lowest BCUT2D eigenvalue weighted by molar-refractivity contribution is 0.328. The Morgan fingerprint density at radius 2 is 1.24 bits per heavy atom. The maximum atomic E-state index is 10.1. The van der Waals surface area contributed by atoms with Crippen LogP contribution in [0.3, 0.4) is 0 Å². The first-order chi connectivity index (χ1) is 14.2. The molecule has 4 aromatic rings. The number of rotatable bonds is 7. The van der Waals surface area contributed by atoms with E-state index in [0.717, 1.165) is 38.0 Å². The highest BCUT2D eigenvalue weighted by molar-refractivity contribution is 7.17. The third-order valence-corrected chi connectivity index (χ3v) is 5.52. The van der Waals surface area contributed by atoms with E-state index in [0.29, 0.717) is 6.61 Å². The van der Waals surface area contributed by atoms with E-state index < -0.39 is 0 Å². The highest BCUT2D eigenvalue weighted by Crippen LogP contribution is 2.31. The molecule has 0 aliphatic heterocycles. The molecule has 0 N–H and O–H groups in total. The summed E-state index contributed by atoms with van der Waals surface area (Å²) in [6, 6.07) is 24.4. The molecule has 0 unspecified atom stereocenters. The molecule has 5 nitrogen and oxygen atoms in total. The summed E-state index contributed by atoms with van der Waals surface area (Å²) in [6.45, 7) is 2.52. The third kappa shape index (κ3) is 4.55. The van der Waals surface area contributed by atoms with Crippen molar-refractivity contribution in [3.05, 3.63) is 83.3 Å². The predicted octanol–water partition coefficient (Wildman–Crippen LogP) is 5.99. The number of benzene rings is 3. The van der Waals surface area contributed by atoms with Crippen LogP contribution < -0.4 is 4.74 Å². The maximum Gasteiger partial charge on any atom is 0.148 e. The number of hydrogen-bond acceptors (Lipinski definition) is 6. The Labute approximate surface area is 173 Å². The van der Waals surface area contributed by atoms with Crippen LogP contribution >= 0.6 is 11.3 Å². The van der Waals surface area contributed by atoms with Gasteiger partial charge in [0, 0.05) is 11.1 Å². The van der Waals surface area contributed by atoms with Gasteiger partial charge in [-0.05, 0) is 30.2 Å². The van der Waals surface area contributed by atoms with Crippen LogP contribution in [0.1, 0.15) is 5.56 Å². The Balaban J connectivity index is 1.48. The standard InChI is InChI=1S/C23H19N3O2S/c1-16-2-4-19(5-3-16)22-25-26-23(29-22)20-8-6-17(7-9-20)18-10-12-21(13-11-18)28-15-14-24-27/h2-13H,14-15H2,1H3. The molecule has 0 radical (unpaired) electrons. The van der Waals surface area contributed by atoms with E-state index in [1.54, 1.807) is 11.3 Å². The van der Waals surface area contributed by atoms with Gasteiger partial charge in [-0.25, -0.2) is 0 Å². The van der Waals surface area contributed by atoms with Crippen molar-refractivity contribution in [3.63, 3.8) is 0 Å². The van der Waals surface area contributed by atoms with Gasteiger partial charge in [0.05, 0.1) is 0 Å². The minimum atomic E-state index is 0.153. The van der Waals surface area contributed by atoms with Gasteiger partial charge in [-0.3, -0.25) is 0 Å². The molecule has 4 rings (SSSR count). The molecule has 144 valence electrons. The van der Waals surface area contributed by atoms with Crippen LogP contribution in [0.15, 0.2) is 78.0 Å². The van der Waals surface area contributed by atoms with Crippen molar-refractivity contribution in [2.24, 2.45) is 5.18 Å². The second-order valence-electron chi connectivity index (χ2n) is 6.58. The van der Waals surface area contributed by atoms with Gasteiger partial charge in [-0.1, -0.05) is 82.7 Å². The molecule has 6 heteroatoms. The van der Waals surface area contributed by atoms with Gasteiger partial charge in [-0.2, -0.15) is 4.91 Å². The van der Waals surface area contributed by atoms with E-state index in [9.17, 15) is 4.91 Å². The van der Waals surface area contributed by atoms with E-state index in [-0.39, 0.29) is 6.54 Å². The molecule has 0 saturated carbocycles. The smallest absolute Gasteiger partial charge is 0.148 e. The van der Waals surface area contributed by atoms with Crippen molar-refractivity contribution >= 4 is 11.3 Å². The van der Waals surface area contributed by atoms with Crippen molar-refractivity contribution in [2.45, 2.75) is 6.92 Å². The van der Waals surface area contributed by atoms with Gasteiger partial charge in [-0.15, -0.1) is 10.2 Å². The third-order valence-electron chi connectivity index (χ3n) is 4.49. The zero-order valence-corrected chi connectivity index (χ0v) is 16.7. The van der Waals surface area contributed by atoms with Crippen molar-refractivity contribution in [3.8, 4) is 38.0 Å². The van der Waals surface area contributed by atoms with Gasteiger partial charge in [0.15, 0.2) is 0 Å². The minimum absolute atomic E-state index is 0.153. The first-order valence-electron chi connectivity index (χ1n) is 9.26. The molecule has 29 heavy (non-hydrogen) atoms. The van der Waals surface area contributed by atoms with Crippen LogP contribution in [0.4, 0.5) is 0 Å². The molecule has 0 saturated heterocycles. The molecule has 0 bridgehead atoms. The fourth-order valence-corrected chi connectivity index (χ4v) is 3.76. The van der Waals surface area contributed by atoms with Gasteiger partial charge in [0.2, 0.25) is 0 Å². The molecule has 1 aromatic heterocycles. The summed E-state index contributed by atoms with van der Waals surface area (Å²) in [4.78, 5) is 10.1. The zero-order valence-electron chi connectivity index (χ0n) is 15.9. The van der Waals surface area contributed by atoms with Crippen LogP contribution in [0.2, 0.25) is 0 Å². The summed E-state index contributed by atoms with van der Waals surface area (Å²) in [5.41, 5.74) is 5.56. The topological polar surface area (TPSA) is 64.4 Å². The molecular weight excluding hydrogens is 382 g/mol. The highest BCUT2D eigenvalue weighted by Gasteiger charge is 2.09. The quantitative estimate of drug-likeness (QED) is 0.282. The average molecular weight is 401 g/mol. The lowest BCUT2D eigenvalue weighted by atomic mass is 10.0. The number of nitrogens with zero attached hydrogens (tertiary/aromatic N) is 3. The molecular formula is C23H19N3O2S. The second kappa shape index (κ2) is 8.75. The molecule has 0 spiro atoms. The van der Waals surface area contributed by atoms with Gasteiger partial charge < -0.3 is 4.74 Å². The largest absolute Gasteiger partial charge is 0.492 e. The molecule has 0 atom stereocenters. The summed E-state index contributed by atoms with van der Waals surface area (Å²) >= 11 is 1.59. The van der Waals surface area contributed by atoms with E-state index in [4.69, 9.17) is 4.74 Å². The van der Waals surface area contributed by atoms with E-state index in [1.165, 1.54) is 5.56 Å². The number of ether oxygens (including phenoxy) is 1.